The maximum atomic E-state index is 12.3. The van der Waals surface area contributed by atoms with Crippen molar-refractivity contribution in [3.05, 3.63) is 24.3 Å². The van der Waals surface area contributed by atoms with Gasteiger partial charge >= 0.3 is 0 Å². The van der Waals surface area contributed by atoms with Gasteiger partial charge in [0.1, 0.15) is 5.75 Å². The minimum Gasteiger partial charge on any atom is -0.497 e. The van der Waals surface area contributed by atoms with E-state index in [4.69, 9.17) is 4.74 Å². The maximum Gasteiger partial charge on any atom is 0.279 e. The average molecular weight is 334 g/mol. The number of carbonyl (C=O) groups excluding carboxylic acids is 2. The molecule has 2 atom stereocenters. The van der Waals surface area contributed by atoms with Crippen molar-refractivity contribution in [3.8, 4) is 5.75 Å². The number of nitrogens with one attached hydrogen (secondary N) is 3. The molecule has 1 aliphatic carbocycles. The Morgan fingerprint density at radius 3 is 2.46 bits per heavy atom. The largest absolute Gasteiger partial charge is 0.497 e. The fourth-order valence-electron chi connectivity index (χ4n) is 2.91. The van der Waals surface area contributed by atoms with E-state index in [1.807, 2.05) is 14.0 Å². The van der Waals surface area contributed by atoms with Crippen molar-refractivity contribution in [2.24, 2.45) is 0 Å². The molecule has 1 aromatic carbocycles. The van der Waals surface area contributed by atoms with Crippen molar-refractivity contribution in [3.63, 3.8) is 0 Å². The lowest BCUT2D eigenvalue weighted by Crippen LogP contribution is -3.15. The summed E-state index contributed by atoms with van der Waals surface area (Å²) in [6.45, 7) is 2.10. The molecular formula is C18H28N3O3+. The van der Waals surface area contributed by atoms with Crippen LogP contribution in [0.4, 0.5) is 5.69 Å². The number of anilines is 1. The molecule has 0 spiro atoms. The van der Waals surface area contributed by atoms with Crippen molar-refractivity contribution in [1.29, 1.82) is 0 Å². The second kappa shape index (κ2) is 8.68. The number of carbonyl (C=O) groups is 2. The monoisotopic (exact) mass is 334 g/mol. The Labute approximate surface area is 143 Å². The molecule has 3 N–H and O–H groups in total. The predicted molar refractivity (Wildman–Crippen MR) is 93.2 cm³/mol. The number of hydrogen-bond donors (Lipinski definition) is 3. The first-order valence-corrected chi connectivity index (χ1v) is 8.56. The zero-order chi connectivity index (χ0) is 17.5. The molecule has 1 fully saturated rings. The Morgan fingerprint density at radius 1 is 1.25 bits per heavy atom. The highest BCUT2D eigenvalue weighted by atomic mass is 16.5. The molecular weight excluding hydrogens is 306 g/mol. The lowest BCUT2D eigenvalue weighted by Gasteiger charge is -2.22. The number of methoxy groups -OCH3 is 1. The zero-order valence-corrected chi connectivity index (χ0v) is 14.7. The quantitative estimate of drug-likeness (QED) is 0.684. The first kappa shape index (κ1) is 18.3. The fraction of sp³-hybridized carbons (Fsp3) is 0.556. The summed E-state index contributed by atoms with van der Waals surface area (Å²) in [6, 6.07) is 7.23. The van der Waals surface area contributed by atoms with Crippen LogP contribution in [0.3, 0.4) is 0 Å². The van der Waals surface area contributed by atoms with Gasteiger partial charge in [0.15, 0.2) is 12.6 Å². The van der Waals surface area contributed by atoms with Crippen LogP contribution in [0.15, 0.2) is 24.3 Å². The van der Waals surface area contributed by atoms with Gasteiger partial charge in [-0.15, -0.1) is 0 Å². The summed E-state index contributed by atoms with van der Waals surface area (Å²) in [5.41, 5.74) is 0.719. The van der Waals surface area contributed by atoms with Gasteiger partial charge in [0.05, 0.1) is 14.2 Å². The maximum absolute atomic E-state index is 12.3. The standard InChI is InChI=1S/C18H27N3O3/c1-13(18(23)20-14-6-4-5-7-14)21(2)12-17(22)19-15-8-10-16(24-3)11-9-15/h8-11,13-14H,4-7,12H2,1-3H3,(H,19,22)(H,20,23)/p+1/t13-/m1/s1. The van der Waals surface area contributed by atoms with Gasteiger partial charge in [0.25, 0.3) is 11.8 Å². The summed E-state index contributed by atoms with van der Waals surface area (Å²) in [4.78, 5) is 25.3. The molecule has 1 unspecified atom stereocenters. The molecule has 0 bridgehead atoms. The summed E-state index contributed by atoms with van der Waals surface area (Å²) in [5.74, 6) is 0.655. The molecule has 1 aliphatic rings. The highest BCUT2D eigenvalue weighted by Gasteiger charge is 2.26. The van der Waals surface area contributed by atoms with Crippen LogP contribution in [-0.4, -0.2) is 44.6 Å². The number of ether oxygens (including phenoxy) is 1. The number of amides is 2. The smallest absolute Gasteiger partial charge is 0.279 e. The van der Waals surface area contributed by atoms with Crippen LogP contribution in [0.25, 0.3) is 0 Å². The van der Waals surface area contributed by atoms with Gasteiger partial charge in [-0.2, -0.15) is 0 Å². The van der Waals surface area contributed by atoms with E-state index in [0.717, 1.165) is 29.2 Å². The van der Waals surface area contributed by atoms with Gasteiger partial charge in [0, 0.05) is 11.7 Å². The Kier molecular flexibility index (Phi) is 6.61. The van der Waals surface area contributed by atoms with E-state index in [9.17, 15) is 9.59 Å². The predicted octanol–water partition coefficient (Wildman–Crippen LogP) is 0.596. The van der Waals surface area contributed by atoms with E-state index in [-0.39, 0.29) is 24.4 Å². The van der Waals surface area contributed by atoms with E-state index < -0.39 is 0 Å². The van der Waals surface area contributed by atoms with E-state index in [1.165, 1.54) is 12.8 Å². The second-order valence-electron chi connectivity index (χ2n) is 6.51. The van der Waals surface area contributed by atoms with Crippen LogP contribution in [0, 0.1) is 0 Å². The molecule has 6 heteroatoms. The van der Waals surface area contributed by atoms with E-state index >= 15 is 0 Å². The minimum absolute atomic E-state index is 0.0247. The van der Waals surface area contributed by atoms with Crippen LogP contribution in [0.2, 0.25) is 0 Å². The fourth-order valence-corrected chi connectivity index (χ4v) is 2.91. The molecule has 2 amide bonds. The van der Waals surface area contributed by atoms with Gasteiger partial charge in [-0.1, -0.05) is 12.8 Å². The van der Waals surface area contributed by atoms with Crippen LogP contribution >= 0.6 is 0 Å². The number of hydrogen-bond acceptors (Lipinski definition) is 3. The number of quaternary nitrogens is 1. The normalized spacial score (nSPS) is 17.1. The van der Waals surface area contributed by atoms with Gasteiger partial charge in [-0.3, -0.25) is 9.59 Å². The zero-order valence-electron chi connectivity index (χ0n) is 14.7. The third kappa shape index (κ3) is 5.23. The highest BCUT2D eigenvalue weighted by Crippen LogP contribution is 2.17. The lowest BCUT2D eigenvalue weighted by molar-refractivity contribution is -0.885. The van der Waals surface area contributed by atoms with Gasteiger partial charge in [-0.25, -0.2) is 0 Å². The molecule has 24 heavy (non-hydrogen) atoms. The van der Waals surface area contributed by atoms with Gasteiger partial charge in [-0.05, 0) is 44.0 Å². The number of rotatable bonds is 7. The van der Waals surface area contributed by atoms with Crippen LogP contribution < -0.4 is 20.3 Å². The van der Waals surface area contributed by atoms with Gasteiger partial charge in [0.2, 0.25) is 0 Å². The van der Waals surface area contributed by atoms with Crippen LogP contribution in [0.5, 0.6) is 5.75 Å². The molecule has 1 saturated carbocycles. The topological polar surface area (TPSA) is 71.9 Å². The summed E-state index contributed by atoms with van der Waals surface area (Å²) >= 11 is 0. The average Bonchev–Trinajstić information content (AvgIpc) is 3.07. The molecule has 1 aromatic rings. The molecule has 132 valence electrons. The molecule has 0 aliphatic heterocycles. The Bertz CT molecular complexity index is 553. The van der Waals surface area contributed by atoms with Crippen molar-refractivity contribution < 1.29 is 19.2 Å². The number of likely N-dealkylation sites (N-methyl/N-ethyl adjacent to an activating group) is 1. The molecule has 0 radical (unpaired) electrons. The third-order valence-electron chi connectivity index (χ3n) is 4.65. The number of benzene rings is 1. The van der Waals surface area contributed by atoms with Crippen molar-refractivity contribution in [2.75, 3.05) is 26.0 Å². The highest BCUT2D eigenvalue weighted by molar-refractivity contribution is 5.91. The summed E-state index contributed by atoms with van der Waals surface area (Å²) in [6.07, 6.45) is 4.50. The molecule has 0 heterocycles. The van der Waals surface area contributed by atoms with Gasteiger partial charge < -0.3 is 20.3 Å². The Balaban J connectivity index is 1.79. The van der Waals surface area contributed by atoms with Crippen LogP contribution in [0.1, 0.15) is 32.6 Å². The second-order valence-corrected chi connectivity index (χ2v) is 6.51. The van der Waals surface area contributed by atoms with Crippen molar-refractivity contribution in [1.82, 2.24) is 5.32 Å². The first-order chi connectivity index (χ1) is 11.5. The van der Waals surface area contributed by atoms with E-state index in [0.29, 0.717) is 6.04 Å². The molecule has 0 saturated heterocycles. The summed E-state index contributed by atoms with van der Waals surface area (Å²) in [7, 11) is 3.47. The third-order valence-corrected chi connectivity index (χ3v) is 4.65. The molecule has 2 rings (SSSR count). The van der Waals surface area contributed by atoms with E-state index in [1.54, 1.807) is 31.4 Å². The Morgan fingerprint density at radius 2 is 1.88 bits per heavy atom. The van der Waals surface area contributed by atoms with Crippen LogP contribution in [-0.2, 0) is 9.59 Å². The molecule has 6 nitrogen and oxygen atoms in total. The SMILES string of the molecule is COc1ccc(NC(=O)C[NH+](C)[C@H](C)C(=O)NC2CCCC2)cc1. The first-order valence-electron chi connectivity index (χ1n) is 8.56. The lowest BCUT2D eigenvalue weighted by atomic mass is 10.2. The minimum atomic E-state index is -0.257. The van der Waals surface area contributed by atoms with Crippen molar-refractivity contribution >= 4 is 17.5 Å². The molecule has 0 aromatic heterocycles. The summed E-state index contributed by atoms with van der Waals surface area (Å²) < 4.78 is 5.09. The van der Waals surface area contributed by atoms with E-state index in [2.05, 4.69) is 10.6 Å². The summed E-state index contributed by atoms with van der Waals surface area (Å²) in [5, 5.41) is 5.93. The Hall–Kier alpha value is -2.08. The van der Waals surface area contributed by atoms with Crippen molar-refractivity contribution in [2.45, 2.75) is 44.7 Å².